The maximum absolute atomic E-state index is 13.4. The van der Waals surface area contributed by atoms with E-state index in [9.17, 15) is 4.39 Å². The van der Waals surface area contributed by atoms with E-state index in [2.05, 4.69) is 37.8 Å². The van der Waals surface area contributed by atoms with Crippen LogP contribution in [-0.2, 0) is 0 Å². The second-order valence-corrected chi connectivity index (χ2v) is 9.23. The lowest BCUT2D eigenvalue weighted by Gasteiger charge is -2.32. The Bertz CT molecular complexity index is 1500. The summed E-state index contributed by atoms with van der Waals surface area (Å²) in [5.41, 5.74) is 5.76. The molecule has 0 spiro atoms. The lowest BCUT2D eigenvalue weighted by Crippen LogP contribution is -2.33. The normalized spacial score (nSPS) is 14.5. The van der Waals surface area contributed by atoms with Crippen LogP contribution in [0.15, 0.2) is 60.9 Å². The molecule has 1 fully saturated rings. The maximum Gasteiger partial charge on any atom is 0.143 e. The monoisotopic (exact) mass is 482 g/mol. The van der Waals surface area contributed by atoms with Gasteiger partial charge in [0.05, 0.1) is 18.2 Å². The standard InChI is InChI=1S/C28H27FN6O/c1-17-25(19-5-9-22(36-2)10-6-19)34-26(32-17)20-11-13-35(14-12-20)28-23-15-24(33-27(23)30-16-31-28)18-3-7-21(29)8-4-18/h3-10,15-16,20H,11-14H2,1-2H3,(H,32,34)(H,30,31,33). The quantitative estimate of drug-likeness (QED) is 0.328. The fraction of sp³-hybridized carbons (Fsp3) is 0.250. The molecule has 0 saturated carbocycles. The number of anilines is 1. The van der Waals surface area contributed by atoms with Gasteiger partial charge in [0.1, 0.15) is 35.2 Å². The summed E-state index contributed by atoms with van der Waals surface area (Å²) in [6.45, 7) is 3.84. The van der Waals surface area contributed by atoms with Crippen LogP contribution >= 0.6 is 0 Å². The highest BCUT2D eigenvalue weighted by atomic mass is 19.1. The number of hydrogen-bond donors (Lipinski definition) is 2. The first-order chi connectivity index (χ1) is 17.6. The van der Waals surface area contributed by atoms with Crippen LogP contribution in [0.5, 0.6) is 5.75 Å². The van der Waals surface area contributed by atoms with Crippen molar-refractivity contribution in [1.82, 2.24) is 24.9 Å². The van der Waals surface area contributed by atoms with Gasteiger partial charge in [0.15, 0.2) is 0 Å². The number of hydrogen-bond acceptors (Lipinski definition) is 5. The largest absolute Gasteiger partial charge is 0.497 e. The van der Waals surface area contributed by atoms with E-state index in [0.717, 1.165) is 82.6 Å². The Balaban J connectivity index is 1.20. The van der Waals surface area contributed by atoms with E-state index in [4.69, 9.17) is 9.72 Å². The Kier molecular flexibility index (Phi) is 5.64. The van der Waals surface area contributed by atoms with Crippen molar-refractivity contribution in [3.8, 4) is 28.3 Å². The molecule has 6 rings (SSSR count). The molecule has 0 unspecified atom stereocenters. The number of imidazole rings is 1. The zero-order valence-corrected chi connectivity index (χ0v) is 20.3. The third kappa shape index (κ3) is 4.08. The first kappa shape index (κ1) is 22.3. The second-order valence-electron chi connectivity index (χ2n) is 9.23. The summed E-state index contributed by atoms with van der Waals surface area (Å²) in [7, 11) is 1.67. The Morgan fingerprint density at radius 1 is 0.944 bits per heavy atom. The van der Waals surface area contributed by atoms with Crippen LogP contribution < -0.4 is 9.64 Å². The molecule has 1 aliphatic rings. The topological polar surface area (TPSA) is 82.7 Å². The molecule has 1 aliphatic heterocycles. The molecule has 0 bridgehead atoms. The number of benzene rings is 2. The van der Waals surface area contributed by atoms with Gasteiger partial charge in [0.25, 0.3) is 0 Å². The molecule has 8 heteroatoms. The fourth-order valence-electron chi connectivity index (χ4n) is 5.04. The highest BCUT2D eigenvalue weighted by Crippen LogP contribution is 2.34. The van der Waals surface area contributed by atoms with Crippen molar-refractivity contribution in [2.45, 2.75) is 25.7 Å². The fourth-order valence-corrected chi connectivity index (χ4v) is 5.04. The number of nitrogens with zero attached hydrogens (tertiary/aromatic N) is 4. The maximum atomic E-state index is 13.4. The molecule has 7 nitrogen and oxygen atoms in total. The minimum Gasteiger partial charge on any atom is -0.497 e. The first-order valence-corrected chi connectivity index (χ1v) is 12.1. The average Bonchev–Trinajstić information content (AvgIpc) is 3.53. The van der Waals surface area contributed by atoms with E-state index in [-0.39, 0.29) is 5.82 Å². The van der Waals surface area contributed by atoms with Crippen molar-refractivity contribution < 1.29 is 9.13 Å². The smallest absolute Gasteiger partial charge is 0.143 e. The van der Waals surface area contributed by atoms with Crippen LogP contribution in [0.25, 0.3) is 33.5 Å². The molecule has 2 N–H and O–H groups in total. The summed E-state index contributed by atoms with van der Waals surface area (Å²) in [5, 5.41) is 0.978. The molecule has 5 aromatic rings. The van der Waals surface area contributed by atoms with Crippen molar-refractivity contribution in [1.29, 1.82) is 0 Å². The molecule has 0 atom stereocenters. The predicted molar refractivity (Wildman–Crippen MR) is 139 cm³/mol. The summed E-state index contributed by atoms with van der Waals surface area (Å²) in [6.07, 6.45) is 3.57. The number of aromatic amines is 2. The number of aryl methyl sites for hydroxylation is 1. The van der Waals surface area contributed by atoms with Crippen LogP contribution in [0.4, 0.5) is 10.2 Å². The Morgan fingerprint density at radius 2 is 1.67 bits per heavy atom. The molecular weight excluding hydrogens is 455 g/mol. The number of fused-ring (bicyclic) bond motifs is 1. The van der Waals surface area contributed by atoms with E-state index < -0.39 is 0 Å². The van der Waals surface area contributed by atoms with Gasteiger partial charge in [0, 0.05) is 36.0 Å². The number of piperidine rings is 1. The predicted octanol–water partition coefficient (Wildman–Crippen LogP) is 5.86. The Hall–Kier alpha value is -4.20. The Labute approximate surface area is 208 Å². The minimum absolute atomic E-state index is 0.249. The number of methoxy groups -OCH3 is 1. The van der Waals surface area contributed by atoms with Crippen LogP contribution in [0, 0.1) is 12.7 Å². The van der Waals surface area contributed by atoms with E-state index >= 15 is 0 Å². The molecule has 0 aliphatic carbocycles. The van der Waals surface area contributed by atoms with Gasteiger partial charge in [-0.3, -0.25) is 0 Å². The molecule has 182 valence electrons. The average molecular weight is 483 g/mol. The lowest BCUT2D eigenvalue weighted by atomic mass is 9.96. The first-order valence-electron chi connectivity index (χ1n) is 12.1. The lowest BCUT2D eigenvalue weighted by molar-refractivity contribution is 0.415. The molecule has 0 radical (unpaired) electrons. The van der Waals surface area contributed by atoms with E-state index in [1.807, 2.05) is 24.3 Å². The van der Waals surface area contributed by atoms with Crippen molar-refractivity contribution in [2.24, 2.45) is 0 Å². The molecule has 2 aromatic carbocycles. The molecule has 36 heavy (non-hydrogen) atoms. The zero-order valence-electron chi connectivity index (χ0n) is 20.3. The van der Waals surface area contributed by atoms with Gasteiger partial charge in [-0.2, -0.15) is 0 Å². The van der Waals surface area contributed by atoms with Gasteiger partial charge in [-0.1, -0.05) is 0 Å². The van der Waals surface area contributed by atoms with E-state index in [1.165, 1.54) is 12.1 Å². The van der Waals surface area contributed by atoms with Crippen LogP contribution in [0.1, 0.15) is 30.3 Å². The van der Waals surface area contributed by atoms with Crippen LogP contribution in [0.2, 0.25) is 0 Å². The van der Waals surface area contributed by atoms with Gasteiger partial charge in [-0.15, -0.1) is 0 Å². The SMILES string of the molecule is COc1ccc(-c2nc(C3CCN(c4ncnc5[nH]c(-c6ccc(F)cc6)cc45)CC3)[nH]c2C)cc1. The second kappa shape index (κ2) is 9.11. The van der Waals surface area contributed by atoms with E-state index in [1.54, 1.807) is 25.6 Å². The van der Waals surface area contributed by atoms with Crippen LogP contribution in [0.3, 0.4) is 0 Å². The van der Waals surface area contributed by atoms with Gasteiger partial charge < -0.3 is 19.6 Å². The number of H-pyrrole nitrogens is 2. The molecule has 3 aromatic heterocycles. The molecular formula is C28H27FN6O. The van der Waals surface area contributed by atoms with Gasteiger partial charge in [0.2, 0.25) is 0 Å². The minimum atomic E-state index is -0.249. The van der Waals surface area contributed by atoms with Gasteiger partial charge in [-0.25, -0.2) is 19.3 Å². The van der Waals surface area contributed by atoms with Crippen molar-refractivity contribution >= 4 is 16.9 Å². The number of halogens is 1. The number of aromatic nitrogens is 5. The Morgan fingerprint density at radius 3 is 2.39 bits per heavy atom. The number of ether oxygens (including phenoxy) is 1. The van der Waals surface area contributed by atoms with E-state index in [0.29, 0.717) is 5.92 Å². The summed E-state index contributed by atoms with van der Waals surface area (Å²) >= 11 is 0. The highest BCUT2D eigenvalue weighted by Gasteiger charge is 2.26. The summed E-state index contributed by atoms with van der Waals surface area (Å²) < 4.78 is 18.6. The third-order valence-corrected chi connectivity index (χ3v) is 7.01. The zero-order chi connectivity index (χ0) is 24.6. The number of nitrogens with one attached hydrogen (secondary N) is 2. The third-order valence-electron chi connectivity index (χ3n) is 7.01. The highest BCUT2D eigenvalue weighted by molar-refractivity contribution is 5.92. The summed E-state index contributed by atoms with van der Waals surface area (Å²) in [5.74, 6) is 2.93. The molecule has 1 saturated heterocycles. The molecule has 4 heterocycles. The van der Waals surface area contributed by atoms with Gasteiger partial charge in [-0.05, 0) is 79.9 Å². The summed E-state index contributed by atoms with van der Waals surface area (Å²) in [4.78, 5) is 23.2. The summed E-state index contributed by atoms with van der Waals surface area (Å²) in [6, 6.07) is 16.6. The van der Waals surface area contributed by atoms with Crippen molar-refractivity contribution in [3.63, 3.8) is 0 Å². The molecule has 0 amide bonds. The van der Waals surface area contributed by atoms with Gasteiger partial charge >= 0.3 is 0 Å². The van der Waals surface area contributed by atoms with Crippen molar-refractivity contribution in [3.05, 3.63) is 78.3 Å². The van der Waals surface area contributed by atoms with Crippen LogP contribution in [-0.4, -0.2) is 45.1 Å². The van der Waals surface area contributed by atoms with Crippen molar-refractivity contribution in [2.75, 3.05) is 25.1 Å². The number of rotatable bonds is 5.